The number of benzene rings is 1. The summed E-state index contributed by atoms with van der Waals surface area (Å²) in [5.41, 5.74) is 3.50. The molecule has 1 aliphatic rings. The zero-order chi connectivity index (χ0) is 22.2. The molecule has 7 heteroatoms. The van der Waals surface area contributed by atoms with Crippen LogP contribution in [-0.4, -0.2) is 44.9 Å². The van der Waals surface area contributed by atoms with E-state index in [0.717, 1.165) is 46.0 Å². The van der Waals surface area contributed by atoms with Crippen molar-refractivity contribution in [1.29, 1.82) is 0 Å². The van der Waals surface area contributed by atoms with Gasteiger partial charge in [-0.25, -0.2) is 9.97 Å². The fraction of sp³-hybridized carbons (Fsp3) is 0.417. The lowest BCUT2D eigenvalue weighted by Crippen LogP contribution is -2.55. The maximum Gasteiger partial charge on any atom is 0.256 e. The van der Waals surface area contributed by atoms with Crippen molar-refractivity contribution < 1.29 is 4.79 Å². The van der Waals surface area contributed by atoms with Crippen molar-refractivity contribution in [3.8, 4) is 0 Å². The molecule has 31 heavy (non-hydrogen) atoms. The largest absolute Gasteiger partial charge is 0.352 e. The number of pyridine rings is 1. The van der Waals surface area contributed by atoms with E-state index in [2.05, 4.69) is 58.1 Å². The number of carbonyl (C=O) groups is 1. The van der Waals surface area contributed by atoms with Crippen molar-refractivity contribution >= 4 is 38.7 Å². The van der Waals surface area contributed by atoms with E-state index in [-0.39, 0.29) is 17.4 Å². The zero-order valence-corrected chi connectivity index (χ0v) is 20.0. The van der Waals surface area contributed by atoms with Crippen molar-refractivity contribution in [3.05, 3.63) is 58.0 Å². The van der Waals surface area contributed by atoms with Crippen LogP contribution in [-0.2, 0) is 0 Å². The average Bonchev–Trinajstić information content (AvgIpc) is 2.72. The van der Waals surface area contributed by atoms with Gasteiger partial charge < -0.3 is 10.2 Å². The number of nitrogens with one attached hydrogen (secondary N) is 1. The normalized spacial score (nSPS) is 18.2. The molecule has 3 heterocycles. The predicted octanol–water partition coefficient (Wildman–Crippen LogP) is 5.15. The number of aromatic nitrogens is 3. The number of aryl methyl sites for hydroxylation is 2. The van der Waals surface area contributed by atoms with Gasteiger partial charge in [-0.05, 0) is 65.7 Å². The Morgan fingerprint density at radius 1 is 1.26 bits per heavy atom. The monoisotopic (exact) mass is 481 g/mol. The number of amides is 1. The lowest BCUT2D eigenvalue weighted by Gasteiger charge is -2.46. The molecule has 0 bridgehead atoms. The molecule has 1 amide bonds. The first-order valence-electron chi connectivity index (χ1n) is 10.7. The fourth-order valence-electron chi connectivity index (χ4n) is 4.58. The topological polar surface area (TPSA) is 71.0 Å². The Morgan fingerprint density at radius 2 is 2.00 bits per heavy atom. The van der Waals surface area contributed by atoms with Crippen LogP contribution in [0.5, 0.6) is 0 Å². The van der Waals surface area contributed by atoms with Gasteiger partial charge in [0.1, 0.15) is 0 Å². The molecule has 6 nitrogen and oxygen atoms in total. The minimum atomic E-state index is -0.0277. The minimum absolute atomic E-state index is 0.0159. The predicted molar refractivity (Wildman–Crippen MR) is 127 cm³/mol. The lowest BCUT2D eigenvalue weighted by molar-refractivity contribution is 0.0321. The van der Waals surface area contributed by atoms with E-state index in [1.165, 1.54) is 0 Å². The summed E-state index contributed by atoms with van der Waals surface area (Å²) in [4.78, 5) is 29.2. The highest BCUT2D eigenvalue weighted by atomic mass is 79.9. The van der Waals surface area contributed by atoms with Gasteiger partial charge in [-0.1, -0.05) is 26.0 Å². The van der Waals surface area contributed by atoms with Crippen molar-refractivity contribution in [2.45, 2.75) is 46.6 Å². The van der Waals surface area contributed by atoms with E-state index in [0.29, 0.717) is 18.1 Å². The first kappa shape index (κ1) is 21.7. The number of hydrogen-bond acceptors (Lipinski definition) is 5. The number of anilines is 1. The molecule has 3 aromatic rings. The smallest absolute Gasteiger partial charge is 0.256 e. The summed E-state index contributed by atoms with van der Waals surface area (Å²) in [6.07, 6.45) is 5.49. The highest BCUT2D eigenvalue weighted by Gasteiger charge is 2.40. The first-order chi connectivity index (χ1) is 14.8. The van der Waals surface area contributed by atoms with E-state index in [1.54, 1.807) is 12.4 Å². The summed E-state index contributed by atoms with van der Waals surface area (Å²) in [5, 5.41) is 4.37. The second-order valence-electron chi connectivity index (χ2n) is 8.99. The number of fused-ring (bicyclic) bond motifs is 1. The SMILES string of the molecule is Cc1cc(C)c2cccc(C(=O)N3CCCC(C)(C)C3CNc3ncc(Br)cn3)c2n1. The van der Waals surface area contributed by atoms with Crippen molar-refractivity contribution in [2.24, 2.45) is 5.41 Å². The summed E-state index contributed by atoms with van der Waals surface area (Å²) >= 11 is 3.36. The summed E-state index contributed by atoms with van der Waals surface area (Å²) in [5.74, 6) is 0.606. The van der Waals surface area contributed by atoms with Crippen molar-refractivity contribution in [3.63, 3.8) is 0 Å². The minimum Gasteiger partial charge on any atom is -0.352 e. The maximum atomic E-state index is 13.8. The van der Waals surface area contributed by atoms with Crippen LogP contribution < -0.4 is 5.32 Å². The number of piperidine rings is 1. The van der Waals surface area contributed by atoms with Gasteiger partial charge in [0.2, 0.25) is 5.95 Å². The van der Waals surface area contributed by atoms with Crippen LogP contribution in [0.25, 0.3) is 10.9 Å². The first-order valence-corrected chi connectivity index (χ1v) is 11.4. The Bertz CT molecular complexity index is 1110. The molecule has 0 spiro atoms. The van der Waals surface area contributed by atoms with Gasteiger partial charge >= 0.3 is 0 Å². The summed E-state index contributed by atoms with van der Waals surface area (Å²) in [6.45, 7) is 9.84. The molecule has 0 saturated carbocycles. The van der Waals surface area contributed by atoms with Crippen molar-refractivity contribution in [1.82, 2.24) is 19.9 Å². The third-order valence-corrected chi connectivity index (χ3v) is 6.65. The molecule has 0 aliphatic carbocycles. The van der Waals surface area contributed by atoms with E-state index in [4.69, 9.17) is 4.98 Å². The Kier molecular flexibility index (Phi) is 5.97. The third-order valence-electron chi connectivity index (χ3n) is 6.24. The molecular weight excluding hydrogens is 454 g/mol. The maximum absolute atomic E-state index is 13.8. The Hall–Kier alpha value is -2.54. The van der Waals surface area contributed by atoms with Crippen molar-refractivity contribution in [2.75, 3.05) is 18.4 Å². The molecule has 4 rings (SSSR count). The van der Waals surface area contributed by atoms with Crippen LogP contribution in [0, 0.1) is 19.3 Å². The molecule has 1 unspecified atom stereocenters. The average molecular weight is 482 g/mol. The van der Waals surface area contributed by atoms with Crippen LogP contribution in [0.4, 0.5) is 5.95 Å². The van der Waals surface area contributed by atoms with E-state index < -0.39 is 0 Å². The molecule has 1 fully saturated rings. The number of nitrogens with zero attached hydrogens (tertiary/aromatic N) is 4. The summed E-state index contributed by atoms with van der Waals surface area (Å²) in [6, 6.07) is 7.98. The second-order valence-corrected chi connectivity index (χ2v) is 9.91. The number of likely N-dealkylation sites (tertiary alicyclic amines) is 1. The molecule has 1 atom stereocenters. The molecule has 0 radical (unpaired) electrons. The van der Waals surface area contributed by atoms with Crippen LogP contribution in [0.3, 0.4) is 0 Å². The number of carbonyl (C=O) groups excluding carboxylic acids is 1. The molecule has 1 aliphatic heterocycles. The molecule has 1 saturated heterocycles. The fourth-order valence-corrected chi connectivity index (χ4v) is 4.78. The highest BCUT2D eigenvalue weighted by Crippen LogP contribution is 2.36. The molecule has 2 aromatic heterocycles. The third kappa shape index (κ3) is 4.42. The lowest BCUT2D eigenvalue weighted by atomic mass is 9.76. The molecule has 1 N–H and O–H groups in total. The second kappa shape index (κ2) is 8.54. The standard InChI is InChI=1S/C24H28BrN5O/c1-15-11-16(2)29-21-18(15)7-5-8-19(21)22(31)30-10-6-9-24(3,4)20(30)14-28-23-26-12-17(25)13-27-23/h5,7-8,11-13,20H,6,9-10,14H2,1-4H3,(H,26,27,28). The molecule has 162 valence electrons. The van der Waals surface area contributed by atoms with Crippen LogP contribution in [0.1, 0.15) is 48.3 Å². The van der Waals surface area contributed by atoms with Crippen LogP contribution in [0.2, 0.25) is 0 Å². The zero-order valence-electron chi connectivity index (χ0n) is 18.4. The summed E-state index contributed by atoms with van der Waals surface area (Å²) in [7, 11) is 0. The number of halogens is 1. The van der Waals surface area contributed by atoms with E-state index in [9.17, 15) is 4.79 Å². The summed E-state index contributed by atoms with van der Waals surface area (Å²) < 4.78 is 0.835. The van der Waals surface area contributed by atoms with E-state index in [1.807, 2.05) is 30.0 Å². The van der Waals surface area contributed by atoms with Gasteiger partial charge in [0.15, 0.2) is 0 Å². The highest BCUT2D eigenvalue weighted by molar-refractivity contribution is 9.10. The quantitative estimate of drug-likeness (QED) is 0.557. The molecule has 1 aromatic carbocycles. The van der Waals surface area contributed by atoms with Gasteiger partial charge in [0, 0.05) is 36.6 Å². The van der Waals surface area contributed by atoms with Gasteiger partial charge in [-0.15, -0.1) is 0 Å². The van der Waals surface area contributed by atoms with Gasteiger partial charge in [0.05, 0.1) is 21.6 Å². The Balaban J connectivity index is 1.66. The Labute approximate surface area is 191 Å². The van der Waals surface area contributed by atoms with Gasteiger partial charge in [0.25, 0.3) is 5.91 Å². The van der Waals surface area contributed by atoms with Crippen LogP contribution in [0.15, 0.2) is 41.1 Å². The van der Waals surface area contributed by atoms with Gasteiger partial charge in [-0.2, -0.15) is 0 Å². The number of rotatable bonds is 4. The Morgan fingerprint density at radius 3 is 2.74 bits per heavy atom. The molecular formula is C24H28BrN5O. The number of hydrogen-bond donors (Lipinski definition) is 1. The van der Waals surface area contributed by atoms with Crippen LogP contribution >= 0.6 is 15.9 Å². The van der Waals surface area contributed by atoms with E-state index >= 15 is 0 Å². The number of para-hydroxylation sites is 1. The van der Waals surface area contributed by atoms with Gasteiger partial charge in [-0.3, -0.25) is 9.78 Å².